The number of rotatable bonds is 2. The molecule has 0 saturated carbocycles. The first-order chi connectivity index (χ1) is 12.1. The normalized spacial score (nSPS) is 15.0. The Morgan fingerprint density at radius 2 is 1.92 bits per heavy atom. The summed E-state index contributed by atoms with van der Waals surface area (Å²) in [5, 5.41) is 0. The van der Waals surface area contributed by atoms with E-state index in [1.54, 1.807) is 6.20 Å². The summed E-state index contributed by atoms with van der Waals surface area (Å²) in [5.74, 6) is 1.79. The fourth-order valence-electron chi connectivity index (χ4n) is 3.15. The van der Waals surface area contributed by atoms with E-state index in [1.807, 2.05) is 30.2 Å². The number of carbonyl (C=O) groups excluding carboxylic acids is 1. The lowest BCUT2D eigenvalue weighted by molar-refractivity contribution is 0.0746. The Hall–Kier alpha value is -2.96. The Balaban J connectivity index is 1.46. The molecule has 7 nitrogen and oxygen atoms in total. The van der Waals surface area contributed by atoms with Gasteiger partial charge in [-0.1, -0.05) is 0 Å². The van der Waals surface area contributed by atoms with Crippen molar-refractivity contribution in [2.45, 2.75) is 13.8 Å². The van der Waals surface area contributed by atoms with E-state index in [0.717, 1.165) is 30.2 Å². The number of H-pyrrole nitrogens is 1. The predicted molar refractivity (Wildman–Crippen MR) is 95.7 cm³/mol. The number of aromatic amines is 1. The maximum atomic E-state index is 12.8. The van der Waals surface area contributed by atoms with Gasteiger partial charge in [-0.2, -0.15) is 0 Å². The van der Waals surface area contributed by atoms with Crippen LogP contribution in [0.25, 0.3) is 11.2 Å². The van der Waals surface area contributed by atoms with Gasteiger partial charge in [0.15, 0.2) is 5.65 Å². The molecule has 128 valence electrons. The van der Waals surface area contributed by atoms with Crippen molar-refractivity contribution in [3.05, 3.63) is 47.5 Å². The molecule has 0 aromatic carbocycles. The van der Waals surface area contributed by atoms with Crippen LogP contribution in [0.5, 0.6) is 0 Å². The second-order valence-corrected chi connectivity index (χ2v) is 6.39. The van der Waals surface area contributed by atoms with E-state index in [-0.39, 0.29) is 5.91 Å². The van der Waals surface area contributed by atoms with E-state index in [4.69, 9.17) is 0 Å². The molecule has 0 atom stereocenters. The number of aryl methyl sites for hydroxylation is 2. The number of aromatic nitrogens is 4. The van der Waals surface area contributed by atoms with Crippen molar-refractivity contribution in [3.63, 3.8) is 0 Å². The molecule has 1 aliphatic rings. The second-order valence-electron chi connectivity index (χ2n) is 6.39. The first kappa shape index (κ1) is 15.6. The summed E-state index contributed by atoms with van der Waals surface area (Å²) in [5.41, 5.74) is 3.23. The summed E-state index contributed by atoms with van der Waals surface area (Å²) in [6.07, 6.45) is 3.44. The zero-order chi connectivity index (χ0) is 17.4. The lowest BCUT2D eigenvalue weighted by Gasteiger charge is -2.35. The van der Waals surface area contributed by atoms with Gasteiger partial charge in [-0.25, -0.2) is 15.0 Å². The van der Waals surface area contributed by atoms with Crippen molar-refractivity contribution < 1.29 is 4.79 Å². The van der Waals surface area contributed by atoms with Crippen LogP contribution in [0.3, 0.4) is 0 Å². The standard InChI is InChI=1S/C18H20N6O/c1-12-3-4-19-16(9-12)23-5-7-24(8-6-23)18(25)14-10-15-17(20-11-14)22-13(2)21-15/h3-4,9-11H,5-8H2,1-2H3,(H,20,21,22). The molecule has 7 heteroatoms. The maximum absolute atomic E-state index is 12.8. The molecule has 0 aliphatic carbocycles. The molecule has 0 spiro atoms. The number of anilines is 1. The lowest BCUT2D eigenvalue weighted by Crippen LogP contribution is -2.49. The Labute approximate surface area is 145 Å². The Morgan fingerprint density at radius 1 is 1.12 bits per heavy atom. The average molecular weight is 336 g/mol. The number of amides is 1. The highest BCUT2D eigenvalue weighted by atomic mass is 16.2. The van der Waals surface area contributed by atoms with Gasteiger partial charge in [0, 0.05) is 38.6 Å². The van der Waals surface area contributed by atoms with Gasteiger partial charge in [0.25, 0.3) is 5.91 Å². The molecule has 0 radical (unpaired) electrons. The smallest absolute Gasteiger partial charge is 0.255 e. The quantitative estimate of drug-likeness (QED) is 0.774. The van der Waals surface area contributed by atoms with Crippen molar-refractivity contribution in [2.75, 3.05) is 31.1 Å². The highest BCUT2D eigenvalue weighted by Crippen LogP contribution is 2.17. The maximum Gasteiger partial charge on any atom is 0.255 e. The van der Waals surface area contributed by atoms with Gasteiger partial charge in [-0.15, -0.1) is 0 Å². The molecular weight excluding hydrogens is 316 g/mol. The molecule has 4 rings (SSSR count). The number of hydrogen-bond donors (Lipinski definition) is 1. The Kier molecular flexibility index (Phi) is 3.83. The van der Waals surface area contributed by atoms with Crippen LogP contribution in [0.4, 0.5) is 5.82 Å². The molecule has 1 fully saturated rings. The zero-order valence-corrected chi connectivity index (χ0v) is 14.4. The third-order valence-corrected chi connectivity index (χ3v) is 4.49. The third kappa shape index (κ3) is 3.05. The van der Waals surface area contributed by atoms with E-state index in [1.165, 1.54) is 5.56 Å². The summed E-state index contributed by atoms with van der Waals surface area (Å²) < 4.78 is 0. The first-order valence-electron chi connectivity index (χ1n) is 8.39. The molecule has 0 unspecified atom stereocenters. The molecule has 0 bridgehead atoms. The van der Waals surface area contributed by atoms with Gasteiger partial charge in [0.05, 0.1) is 11.1 Å². The third-order valence-electron chi connectivity index (χ3n) is 4.49. The fourth-order valence-corrected chi connectivity index (χ4v) is 3.15. The highest BCUT2D eigenvalue weighted by Gasteiger charge is 2.23. The first-order valence-corrected chi connectivity index (χ1v) is 8.39. The number of fused-ring (bicyclic) bond motifs is 1. The van der Waals surface area contributed by atoms with Crippen LogP contribution in [-0.2, 0) is 0 Å². The molecule has 1 N–H and O–H groups in total. The fraction of sp³-hybridized carbons (Fsp3) is 0.333. The van der Waals surface area contributed by atoms with E-state index >= 15 is 0 Å². The van der Waals surface area contributed by atoms with Crippen molar-refractivity contribution in [1.29, 1.82) is 0 Å². The van der Waals surface area contributed by atoms with Crippen molar-refractivity contribution >= 4 is 22.9 Å². The second kappa shape index (κ2) is 6.16. The number of imidazole rings is 1. The van der Waals surface area contributed by atoms with Crippen LogP contribution < -0.4 is 4.90 Å². The van der Waals surface area contributed by atoms with Crippen molar-refractivity contribution in [3.8, 4) is 0 Å². The lowest BCUT2D eigenvalue weighted by atomic mass is 10.2. The summed E-state index contributed by atoms with van der Waals surface area (Å²) in [7, 11) is 0. The van der Waals surface area contributed by atoms with Gasteiger partial charge >= 0.3 is 0 Å². The zero-order valence-electron chi connectivity index (χ0n) is 14.4. The summed E-state index contributed by atoms with van der Waals surface area (Å²) in [4.78, 5) is 33.0. The van der Waals surface area contributed by atoms with Crippen LogP contribution in [0.1, 0.15) is 21.7 Å². The van der Waals surface area contributed by atoms with Crippen molar-refractivity contribution in [2.24, 2.45) is 0 Å². The van der Waals surface area contributed by atoms with Gasteiger partial charge < -0.3 is 14.8 Å². The van der Waals surface area contributed by atoms with Crippen molar-refractivity contribution in [1.82, 2.24) is 24.8 Å². The van der Waals surface area contributed by atoms with Crippen LogP contribution >= 0.6 is 0 Å². The van der Waals surface area contributed by atoms with E-state index in [2.05, 4.69) is 37.8 Å². The van der Waals surface area contributed by atoms with E-state index in [9.17, 15) is 4.79 Å². The molecule has 3 aromatic heterocycles. The minimum absolute atomic E-state index is 0.0125. The minimum Gasteiger partial charge on any atom is -0.353 e. The predicted octanol–water partition coefficient (Wildman–Crippen LogP) is 1.93. The van der Waals surface area contributed by atoms with Crippen LogP contribution in [-0.4, -0.2) is 56.9 Å². The molecular formula is C18H20N6O. The van der Waals surface area contributed by atoms with Gasteiger partial charge in [0.2, 0.25) is 0 Å². The SMILES string of the molecule is Cc1ccnc(N2CCN(C(=O)c3cnc4nc(C)[nH]c4c3)CC2)c1. The molecule has 1 amide bonds. The molecule has 3 aromatic rings. The average Bonchev–Trinajstić information content (AvgIpc) is 3.00. The number of nitrogens with zero attached hydrogens (tertiary/aromatic N) is 5. The number of piperazine rings is 1. The molecule has 25 heavy (non-hydrogen) atoms. The number of nitrogens with one attached hydrogen (secondary N) is 1. The number of pyridine rings is 2. The highest BCUT2D eigenvalue weighted by molar-refractivity contribution is 5.96. The number of carbonyl (C=O) groups is 1. The van der Waals surface area contributed by atoms with Crippen LogP contribution in [0, 0.1) is 13.8 Å². The molecule has 1 aliphatic heterocycles. The Morgan fingerprint density at radius 3 is 2.68 bits per heavy atom. The Bertz CT molecular complexity index is 926. The summed E-state index contributed by atoms with van der Waals surface area (Å²) in [6.45, 7) is 6.85. The molecule has 1 saturated heterocycles. The van der Waals surface area contributed by atoms with E-state index < -0.39 is 0 Å². The summed E-state index contributed by atoms with van der Waals surface area (Å²) >= 11 is 0. The van der Waals surface area contributed by atoms with Gasteiger partial charge in [0.1, 0.15) is 11.6 Å². The summed E-state index contributed by atoms with van der Waals surface area (Å²) in [6, 6.07) is 5.90. The number of hydrogen-bond acceptors (Lipinski definition) is 5. The monoisotopic (exact) mass is 336 g/mol. The molecule has 4 heterocycles. The minimum atomic E-state index is 0.0125. The largest absolute Gasteiger partial charge is 0.353 e. The topological polar surface area (TPSA) is 78.0 Å². The van der Waals surface area contributed by atoms with Crippen LogP contribution in [0.15, 0.2) is 30.6 Å². The van der Waals surface area contributed by atoms with Gasteiger partial charge in [-0.3, -0.25) is 4.79 Å². The van der Waals surface area contributed by atoms with Gasteiger partial charge in [-0.05, 0) is 37.6 Å². The van der Waals surface area contributed by atoms with E-state index in [0.29, 0.717) is 24.3 Å². The van der Waals surface area contributed by atoms with Crippen LogP contribution in [0.2, 0.25) is 0 Å².